The van der Waals surface area contributed by atoms with Crippen LogP contribution in [0.3, 0.4) is 0 Å². The molecule has 5 rings (SSSR count). The third kappa shape index (κ3) is 4.36. The molecule has 0 unspecified atom stereocenters. The number of nitrogens with zero attached hydrogens (tertiary/aromatic N) is 4. The van der Waals surface area contributed by atoms with Crippen LogP contribution in [0.2, 0.25) is 0 Å². The fourth-order valence-electron chi connectivity index (χ4n) is 4.10. The van der Waals surface area contributed by atoms with Crippen LogP contribution >= 0.6 is 0 Å². The number of hydrazine groups is 1. The number of nitrogens with one attached hydrogen (secondary N) is 2. The summed E-state index contributed by atoms with van der Waals surface area (Å²) in [5.74, 6) is -0.129. The lowest BCUT2D eigenvalue weighted by Crippen LogP contribution is -2.34. The number of hydrogen-bond donors (Lipinski definition) is 2. The standard InChI is InChI=1S/C28H26N6O2/c1-3-19-14-16-20(17-15-19)25-23(18-34(32-25)21-10-6-5-7-11-21)26(35)30-31-28-29-24-13-9-8-12-22(24)27(36)33(28)4-2/h5-18H,3-4H2,1-2H3,(H,29,31)(H,30,35). The fraction of sp³-hybridized carbons (Fsp3) is 0.143. The van der Waals surface area contributed by atoms with Crippen molar-refractivity contribution in [2.24, 2.45) is 0 Å². The smallest absolute Gasteiger partial charge is 0.273 e. The minimum absolute atomic E-state index is 0.173. The number of carbonyl (C=O) groups excluding carboxylic acids is 1. The molecule has 2 N–H and O–H groups in total. The van der Waals surface area contributed by atoms with Crippen LogP contribution in [0, 0.1) is 0 Å². The van der Waals surface area contributed by atoms with Gasteiger partial charge in [0.15, 0.2) is 0 Å². The van der Waals surface area contributed by atoms with Gasteiger partial charge in [0, 0.05) is 18.3 Å². The third-order valence-corrected chi connectivity index (χ3v) is 6.08. The molecule has 0 aliphatic rings. The average molecular weight is 479 g/mol. The molecule has 0 radical (unpaired) electrons. The molecular formula is C28H26N6O2. The summed E-state index contributed by atoms with van der Waals surface area (Å²) < 4.78 is 3.18. The summed E-state index contributed by atoms with van der Waals surface area (Å²) in [6.45, 7) is 4.35. The Morgan fingerprint density at radius 3 is 2.36 bits per heavy atom. The van der Waals surface area contributed by atoms with E-state index in [1.165, 1.54) is 10.1 Å². The van der Waals surface area contributed by atoms with Crippen LogP contribution < -0.4 is 16.4 Å². The SMILES string of the molecule is CCc1ccc(-c2nn(-c3ccccc3)cc2C(=O)NNc2nc3ccccc3c(=O)n2CC)cc1. The minimum atomic E-state index is -0.392. The van der Waals surface area contributed by atoms with Crippen molar-refractivity contribution in [2.75, 3.05) is 5.43 Å². The lowest BCUT2D eigenvalue weighted by atomic mass is 10.0. The molecule has 8 heteroatoms. The highest BCUT2D eigenvalue weighted by Crippen LogP contribution is 2.24. The maximum atomic E-state index is 13.4. The highest BCUT2D eigenvalue weighted by atomic mass is 16.2. The summed E-state index contributed by atoms with van der Waals surface area (Å²) in [5.41, 5.74) is 9.78. The van der Waals surface area contributed by atoms with Gasteiger partial charge in [-0.1, -0.05) is 61.5 Å². The van der Waals surface area contributed by atoms with Crippen LogP contribution in [0.4, 0.5) is 5.95 Å². The number of carbonyl (C=O) groups is 1. The predicted octanol–water partition coefficient (Wildman–Crippen LogP) is 4.59. The molecule has 2 aromatic heterocycles. The Morgan fingerprint density at radius 2 is 1.64 bits per heavy atom. The van der Waals surface area contributed by atoms with Gasteiger partial charge >= 0.3 is 0 Å². The van der Waals surface area contributed by atoms with E-state index in [4.69, 9.17) is 5.10 Å². The van der Waals surface area contributed by atoms with Crippen molar-refractivity contribution < 1.29 is 4.79 Å². The van der Waals surface area contributed by atoms with Crippen molar-refractivity contribution >= 4 is 22.8 Å². The van der Waals surface area contributed by atoms with Crippen LogP contribution in [0.1, 0.15) is 29.8 Å². The molecule has 3 aromatic carbocycles. The van der Waals surface area contributed by atoms with E-state index in [-0.39, 0.29) is 11.5 Å². The Morgan fingerprint density at radius 1 is 0.917 bits per heavy atom. The van der Waals surface area contributed by atoms with E-state index in [2.05, 4.69) is 22.8 Å². The van der Waals surface area contributed by atoms with Gasteiger partial charge in [0.2, 0.25) is 5.95 Å². The second-order valence-electron chi connectivity index (χ2n) is 8.30. The number of hydrogen-bond acceptors (Lipinski definition) is 5. The number of para-hydroxylation sites is 2. The lowest BCUT2D eigenvalue weighted by molar-refractivity contribution is 0.0962. The number of amides is 1. The summed E-state index contributed by atoms with van der Waals surface area (Å²) in [6, 6.07) is 24.8. The van der Waals surface area contributed by atoms with Gasteiger partial charge in [-0.3, -0.25) is 25.0 Å². The molecular weight excluding hydrogens is 452 g/mol. The van der Waals surface area contributed by atoms with E-state index in [1.54, 1.807) is 29.1 Å². The molecule has 36 heavy (non-hydrogen) atoms. The summed E-state index contributed by atoms with van der Waals surface area (Å²) in [7, 11) is 0. The van der Waals surface area contributed by atoms with Crippen molar-refractivity contribution in [3.05, 3.63) is 107 Å². The number of anilines is 1. The Hall–Kier alpha value is -4.72. The van der Waals surface area contributed by atoms with E-state index in [0.29, 0.717) is 28.7 Å². The van der Waals surface area contributed by atoms with Crippen molar-refractivity contribution in [1.82, 2.24) is 24.8 Å². The number of aromatic nitrogens is 4. The molecule has 180 valence electrons. The normalized spacial score (nSPS) is 10.9. The molecule has 0 spiro atoms. The van der Waals surface area contributed by atoms with Crippen molar-refractivity contribution in [1.29, 1.82) is 0 Å². The molecule has 0 fully saturated rings. The van der Waals surface area contributed by atoms with Gasteiger partial charge in [-0.05, 0) is 43.2 Å². The van der Waals surface area contributed by atoms with Crippen molar-refractivity contribution in [2.45, 2.75) is 26.8 Å². The van der Waals surface area contributed by atoms with E-state index >= 15 is 0 Å². The second kappa shape index (κ2) is 9.87. The van der Waals surface area contributed by atoms with Gasteiger partial charge < -0.3 is 0 Å². The third-order valence-electron chi connectivity index (χ3n) is 6.08. The van der Waals surface area contributed by atoms with Gasteiger partial charge in [-0.25, -0.2) is 9.67 Å². The van der Waals surface area contributed by atoms with Crippen molar-refractivity contribution in [3.63, 3.8) is 0 Å². The molecule has 0 atom stereocenters. The molecule has 0 aliphatic heterocycles. The zero-order chi connectivity index (χ0) is 25.1. The average Bonchev–Trinajstić information content (AvgIpc) is 3.38. The topological polar surface area (TPSA) is 93.8 Å². The van der Waals surface area contributed by atoms with Crippen LogP contribution in [0.25, 0.3) is 27.8 Å². The van der Waals surface area contributed by atoms with Crippen LogP contribution in [-0.4, -0.2) is 25.2 Å². The maximum Gasteiger partial charge on any atom is 0.273 e. The molecule has 0 bridgehead atoms. The first kappa shape index (κ1) is 23.0. The Balaban J connectivity index is 1.50. The summed E-state index contributed by atoms with van der Waals surface area (Å²) in [5, 5.41) is 5.25. The van der Waals surface area contributed by atoms with E-state index in [0.717, 1.165) is 17.7 Å². The minimum Gasteiger partial charge on any atom is -0.277 e. The summed E-state index contributed by atoms with van der Waals surface area (Å²) in [6.07, 6.45) is 2.63. The Bertz CT molecular complexity index is 1590. The lowest BCUT2D eigenvalue weighted by Gasteiger charge is -2.14. The van der Waals surface area contributed by atoms with Gasteiger partial charge in [0.05, 0.1) is 22.2 Å². The Kier molecular flexibility index (Phi) is 6.32. The predicted molar refractivity (Wildman–Crippen MR) is 141 cm³/mol. The molecule has 1 amide bonds. The first-order chi connectivity index (χ1) is 17.6. The van der Waals surface area contributed by atoms with Crippen LogP contribution in [0.15, 0.2) is 89.9 Å². The first-order valence-electron chi connectivity index (χ1n) is 11.9. The molecule has 5 aromatic rings. The zero-order valence-electron chi connectivity index (χ0n) is 20.1. The van der Waals surface area contributed by atoms with Crippen LogP contribution in [-0.2, 0) is 13.0 Å². The van der Waals surface area contributed by atoms with Gasteiger partial charge in [0.25, 0.3) is 11.5 Å². The van der Waals surface area contributed by atoms with Gasteiger partial charge in [-0.15, -0.1) is 0 Å². The molecule has 0 saturated heterocycles. The highest BCUT2D eigenvalue weighted by molar-refractivity contribution is 6.00. The molecule has 0 aliphatic carbocycles. The number of aryl methyl sites for hydroxylation is 1. The summed E-state index contributed by atoms with van der Waals surface area (Å²) in [4.78, 5) is 30.8. The Labute approximate surface area is 208 Å². The maximum absolute atomic E-state index is 13.4. The van der Waals surface area contributed by atoms with Crippen molar-refractivity contribution in [3.8, 4) is 16.9 Å². The molecule has 2 heterocycles. The highest BCUT2D eigenvalue weighted by Gasteiger charge is 2.19. The van der Waals surface area contributed by atoms with E-state index < -0.39 is 5.91 Å². The molecule has 8 nitrogen and oxygen atoms in total. The van der Waals surface area contributed by atoms with E-state index in [1.807, 2.05) is 67.6 Å². The monoisotopic (exact) mass is 478 g/mol. The summed E-state index contributed by atoms with van der Waals surface area (Å²) >= 11 is 0. The quantitative estimate of drug-likeness (QED) is 0.334. The number of benzene rings is 3. The van der Waals surface area contributed by atoms with E-state index in [9.17, 15) is 9.59 Å². The largest absolute Gasteiger partial charge is 0.277 e. The second-order valence-corrected chi connectivity index (χ2v) is 8.30. The number of fused-ring (bicyclic) bond motifs is 1. The van der Waals surface area contributed by atoms with Crippen LogP contribution in [0.5, 0.6) is 0 Å². The first-order valence-corrected chi connectivity index (χ1v) is 11.9. The molecule has 0 saturated carbocycles. The van der Waals surface area contributed by atoms with Gasteiger partial charge in [-0.2, -0.15) is 5.10 Å². The fourth-order valence-corrected chi connectivity index (χ4v) is 4.10. The van der Waals surface area contributed by atoms with Gasteiger partial charge in [0.1, 0.15) is 5.69 Å². The number of rotatable bonds is 7. The zero-order valence-corrected chi connectivity index (χ0v) is 20.1.